The summed E-state index contributed by atoms with van der Waals surface area (Å²) in [5.74, 6) is 0. The van der Waals surface area contributed by atoms with Crippen LogP contribution in [0.1, 0.15) is 12.8 Å². The monoisotopic (exact) mass is 307 g/mol. The van der Waals surface area contributed by atoms with Gasteiger partial charge in [0.1, 0.15) is 0 Å². The van der Waals surface area contributed by atoms with Gasteiger partial charge in [-0.3, -0.25) is 9.80 Å². The van der Waals surface area contributed by atoms with Gasteiger partial charge in [-0.05, 0) is 12.8 Å². The molecule has 3 nitrogen and oxygen atoms in total. The minimum Gasteiger partial charge on any atom is -0.298 e. The summed E-state index contributed by atoms with van der Waals surface area (Å²) in [4.78, 5) is 5.38. The molecule has 14 heavy (non-hydrogen) atoms. The van der Waals surface area contributed by atoms with Crippen molar-refractivity contribution in [2.75, 3.05) is 39.3 Å². The van der Waals surface area contributed by atoms with Gasteiger partial charge < -0.3 is 0 Å². The minimum atomic E-state index is 0.869. The average molecular weight is 307 g/mol. The fourth-order valence-corrected chi connectivity index (χ4v) is 3.45. The molecule has 0 spiro atoms. The summed E-state index contributed by atoms with van der Waals surface area (Å²) in [5, 5.41) is 0. The Morgan fingerprint density at radius 1 is 0.786 bits per heavy atom. The molecule has 80 valence electrons. The van der Waals surface area contributed by atoms with E-state index in [1.54, 1.807) is 0 Å². The van der Waals surface area contributed by atoms with Gasteiger partial charge in [0, 0.05) is 74.2 Å². The van der Waals surface area contributed by atoms with Crippen LogP contribution in [0.4, 0.5) is 0 Å². The van der Waals surface area contributed by atoms with E-state index in [2.05, 4.69) is 35.8 Å². The molecule has 2 aliphatic heterocycles. The highest BCUT2D eigenvalue weighted by Crippen LogP contribution is 2.28. The maximum absolute atomic E-state index is 2.69. The van der Waals surface area contributed by atoms with Gasteiger partial charge in [-0.2, -0.15) is 0 Å². The Morgan fingerprint density at radius 2 is 1.29 bits per heavy atom. The Kier molecular flexibility index (Phi) is 2.72. The van der Waals surface area contributed by atoms with Crippen LogP contribution in [0.3, 0.4) is 0 Å². The standard InChI is InChI=1S/C10H18IN3/c11-14-7-10(8-14)13-5-3-12(4-6-13)9-1-2-9/h9-10H,1-8H2. The van der Waals surface area contributed by atoms with Crippen molar-refractivity contribution in [2.24, 2.45) is 0 Å². The van der Waals surface area contributed by atoms with E-state index in [0.29, 0.717) is 0 Å². The van der Waals surface area contributed by atoms with Crippen LogP contribution in [-0.4, -0.2) is 64.3 Å². The smallest absolute Gasteiger partial charge is 0.0367 e. The van der Waals surface area contributed by atoms with Crippen molar-refractivity contribution in [3.8, 4) is 0 Å². The van der Waals surface area contributed by atoms with Crippen LogP contribution in [0.5, 0.6) is 0 Å². The van der Waals surface area contributed by atoms with E-state index in [4.69, 9.17) is 0 Å². The van der Waals surface area contributed by atoms with E-state index in [0.717, 1.165) is 12.1 Å². The largest absolute Gasteiger partial charge is 0.298 e. The topological polar surface area (TPSA) is 9.72 Å². The molecule has 0 aromatic rings. The molecule has 0 radical (unpaired) electrons. The quantitative estimate of drug-likeness (QED) is 0.552. The fourth-order valence-electron chi connectivity index (χ4n) is 2.54. The maximum Gasteiger partial charge on any atom is 0.0367 e. The first-order valence-corrected chi connectivity index (χ1v) is 6.68. The summed E-state index contributed by atoms with van der Waals surface area (Å²) in [6.45, 7) is 7.83. The minimum absolute atomic E-state index is 0.869. The molecular weight excluding hydrogens is 289 g/mol. The zero-order valence-electron chi connectivity index (χ0n) is 8.53. The molecule has 2 heterocycles. The summed E-state index contributed by atoms with van der Waals surface area (Å²) in [7, 11) is 0. The molecule has 0 bridgehead atoms. The molecule has 0 aromatic carbocycles. The predicted molar refractivity (Wildman–Crippen MR) is 65.5 cm³/mol. The second-order valence-corrected chi connectivity index (χ2v) is 6.15. The molecule has 3 fully saturated rings. The summed E-state index contributed by atoms with van der Waals surface area (Å²) >= 11 is 2.43. The Morgan fingerprint density at radius 3 is 1.71 bits per heavy atom. The molecule has 0 atom stereocenters. The third kappa shape index (κ3) is 1.94. The number of rotatable bonds is 2. The van der Waals surface area contributed by atoms with E-state index >= 15 is 0 Å². The first-order valence-electron chi connectivity index (χ1n) is 5.72. The molecule has 1 aliphatic carbocycles. The van der Waals surface area contributed by atoms with Crippen molar-refractivity contribution in [1.82, 2.24) is 12.9 Å². The Labute approximate surface area is 99.9 Å². The normalized spacial score (nSPS) is 33.2. The summed E-state index contributed by atoms with van der Waals surface area (Å²) in [5.41, 5.74) is 0. The van der Waals surface area contributed by atoms with Crippen LogP contribution in [0.25, 0.3) is 0 Å². The van der Waals surface area contributed by atoms with Gasteiger partial charge >= 0.3 is 0 Å². The number of hydrogen-bond donors (Lipinski definition) is 0. The zero-order chi connectivity index (χ0) is 9.54. The van der Waals surface area contributed by atoms with Crippen LogP contribution in [0.2, 0.25) is 0 Å². The van der Waals surface area contributed by atoms with Crippen LogP contribution in [0, 0.1) is 0 Å². The molecule has 3 rings (SSSR count). The molecule has 0 amide bonds. The van der Waals surface area contributed by atoms with Gasteiger partial charge in [-0.25, -0.2) is 3.11 Å². The van der Waals surface area contributed by atoms with Crippen molar-refractivity contribution < 1.29 is 0 Å². The maximum atomic E-state index is 2.69. The molecule has 0 aromatic heterocycles. The Hall–Kier alpha value is 0.610. The van der Waals surface area contributed by atoms with Gasteiger partial charge in [0.05, 0.1) is 0 Å². The number of nitrogens with zero attached hydrogens (tertiary/aromatic N) is 3. The van der Waals surface area contributed by atoms with Crippen LogP contribution < -0.4 is 0 Å². The van der Waals surface area contributed by atoms with Crippen molar-refractivity contribution >= 4 is 22.9 Å². The molecule has 4 heteroatoms. The molecule has 0 N–H and O–H groups in total. The third-order valence-corrected chi connectivity index (χ3v) is 4.53. The zero-order valence-corrected chi connectivity index (χ0v) is 10.7. The summed E-state index contributed by atoms with van der Waals surface area (Å²) in [6.07, 6.45) is 2.93. The SMILES string of the molecule is IN1CC(N2CCN(C3CC3)CC2)C1. The first-order chi connectivity index (χ1) is 6.83. The molecule has 2 saturated heterocycles. The second kappa shape index (κ2) is 3.88. The van der Waals surface area contributed by atoms with E-state index in [-0.39, 0.29) is 0 Å². The Balaban J connectivity index is 1.45. The van der Waals surface area contributed by atoms with Crippen molar-refractivity contribution in [1.29, 1.82) is 0 Å². The number of hydrogen-bond acceptors (Lipinski definition) is 3. The summed E-state index contributed by atoms with van der Waals surface area (Å²) in [6, 6.07) is 1.84. The van der Waals surface area contributed by atoms with Gasteiger partial charge in [-0.15, -0.1) is 0 Å². The van der Waals surface area contributed by atoms with E-state index in [1.165, 1.54) is 52.1 Å². The van der Waals surface area contributed by atoms with Crippen LogP contribution >= 0.6 is 22.9 Å². The lowest BCUT2D eigenvalue weighted by Gasteiger charge is -2.46. The first kappa shape index (κ1) is 9.81. The van der Waals surface area contributed by atoms with Crippen LogP contribution in [0.15, 0.2) is 0 Å². The molecule has 0 unspecified atom stereocenters. The van der Waals surface area contributed by atoms with Gasteiger partial charge in [0.25, 0.3) is 0 Å². The summed E-state index contributed by atoms with van der Waals surface area (Å²) < 4.78 is 2.38. The van der Waals surface area contributed by atoms with E-state index in [9.17, 15) is 0 Å². The molecular formula is C10H18IN3. The highest BCUT2D eigenvalue weighted by Gasteiger charge is 2.35. The van der Waals surface area contributed by atoms with Gasteiger partial charge in [0.15, 0.2) is 0 Å². The van der Waals surface area contributed by atoms with E-state index < -0.39 is 0 Å². The predicted octanol–water partition coefficient (Wildman–Crippen LogP) is 0.801. The highest BCUT2D eigenvalue weighted by molar-refractivity contribution is 14.1. The molecule has 1 saturated carbocycles. The number of piperazine rings is 1. The average Bonchev–Trinajstić information content (AvgIpc) is 2.97. The molecule has 3 aliphatic rings. The van der Waals surface area contributed by atoms with Crippen molar-refractivity contribution in [3.63, 3.8) is 0 Å². The van der Waals surface area contributed by atoms with Crippen molar-refractivity contribution in [2.45, 2.75) is 24.9 Å². The van der Waals surface area contributed by atoms with Gasteiger partial charge in [0.2, 0.25) is 0 Å². The van der Waals surface area contributed by atoms with Gasteiger partial charge in [-0.1, -0.05) is 0 Å². The lowest BCUT2D eigenvalue weighted by atomic mass is 10.1. The lowest BCUT2D eigenvalue weighted by molar-refractivity contribution is 0.0479. The second-order valence-electron chi connectivity index (χ2n) is 4.78. The Bertz CT molecular complexity index is 205. The third-order valence-electron chi connectivity index (χ3n) is 3.75. The van der Waals surface area contributed by atoms with Crippen LogP contribution in [-0.2, 0) is 0 Å². The highest BCUT2D eigenvalue weighted by atomic mass is 127. The fraction of sp³-hybridized carbons (Fsp3) is 1.00. The van der Waals surface area contributed by atoms with Crippen molar-refractivity contribution in [3.05, 3.63) is 0 Å². The number of halogens is 1. The lowest BCUT2D eigenvalue weighted by Crippen LogP contribution is -2.60. The van der Waals surface area contributed by atoms with E-state index in [1.807, 2.05) is 0 Å².